The third-order valence-electron chi connectivity index (χ3n) is 6.56. The van der Waals surface area contributed by atoms with Crippen molar-refractivity contribution in [3.8, 4) is 23.0 Å². The van der Waals surface area contributed by atoms with Crippen LogP contribution in [0.1, 0.15) is 28.7 Å². The van der Waals surface area contributed by atoms with Crippen LogP contribution >= 0.6 is 0 Å². The highest BCUT2D eigenvalue weighted by molar-refractivity contribution is 5.62. The smallest absolute Gasteiger partial charge is 0.229 e. The monoisotopic (exact) mass is 520 g/mol. The van der Waals surface area contributed by atoms with Gasteiger partial charge in [0.15, 0.2) is 23.0 Å². The van der Waals surface area contributed by atoms with E-state index in [0.29, 0.717) is 17.1 Å². The molecule has 7 atom stereocenters. The van der Waals surface area contributed by atoms with Crippen molar-refractivity contribution in [1.29, 1.82) is 0 Å². The van der Waals surface area contributed by atoms with E-state index in [-0.39, 0.29) is 24.7 Å². The Labute approximate surface area is 213 Å². The summed E-state index contributed by atoms with van der Waals surface area (Å²) in [5, 5.41) is 59.1. The highest BCUT2D eigenvalue weighted by atomic mass is 16.7. The second-order valence-electron chi connectivity index (χ2n) is 8.78. The van der Waals surface area contributed by atoms with Crippen molar-refractivity contribution in [2.75, 3.05) is 34.0 Å². The summed E-state index contributed by atoms with van der Waals surface area (Å²) in [6.07, 6.45) is -4.38. The first-order valence-corrected chi connectivity index (χ1v) is 11.8. The van der Waals surface area contributed by atoms with Gasteiger partial charge in [-0.1, -0.05) is 18.2 Å². The van der Waals surface area contributed by atoms with Crippen molar-refractivity contribution < 1.29 is 54.3 Å². The fraction of sp³-hybridized carbons (Fsp3) is 0.462. The number of aliphatic hydroxyl groups is 6. The molecule has 11 nitrogen and oxygen atoms in total. The molecule has 1 fully saturated rings. The lowest BCUT2D eigenvalue weighted by molar-refractivity contribution is -0.277. The molecular weight excluding hydrogens is 488 g/mol. The first kappa shape index (κ1) is 27.1. The highest BCUT2D eigenvalue weighted by Gasteiger charge is 2.45. The van der Waals surface area contributed by atoms with E-state index in [9.17, 15) is 25.5 Å². The van der Waals surface area contributed by atoms with Gasteiger partial charge in [0.05, 0.1) is 40.0 Å². The Morgan fingerprint density at radius 2 is 1.62 bits per heavy atom. The molecule has 0 spiro atoms. The normalized spacial score (nSPS) is 29.1. The van der Waals surface area contributed by atoms with Gasteiger partial charge >= 0.3 is 0 Å². The molecule has 0 amide bonds. The standard InChI is InChI=1S/C26H32O11/c1-33-18-10-14(5-6-17(18)35-26-23(32)22(31)21(30)20(12-29)36-26)24-16(11-28)15-8-13(4-3-7-27)9-19(34-2)25(15)37-24/h3-6,8-10,16,20-24,26-32H,7,11-12H2,1-2H3/b4-3-/t16-,20-,21-,22+,23-,24+,26-/m1/s1. The minimum absolute atomic E-state index is 0.112. The summed E-state index contributed by atoms with van der Waals surface area (Å²) in [6.45, 7) is -0.900. The maximum absolute atomic E-state index is 10.3. The van der Waals surface area contributed by atoms with Gasteiger partial charge in [0, 0.05) is 5.56 Å². The van der Waals surface area contributed by atoms with Crippen LogP contribution in [-0.2, 0) is 4.74 Å². The average Bonchev–Trinajstić information content (AvgIpc) is 3.30. The van der Waals surface area contributed by atoms with Crippen LogP contribution in [0.5, 0.6) is 23.0 Å². The van der Waals surface area contributed by atoms with Crippen LogP contribution in [-0.4, -0.2) is 95.4 Å². The predicted molar refractivity (Wildman–Crippen MR) is 130 cm³/mol. The lowest BCUT2D eigenvalue weighted by atomic mass is 9.90. The minimum atomic E-state index is -1.58. The molecule has 2 heterocycles. The Morgan fingerprint density at radius 3 is 2.27 bits per heavy atom. The van der Waals surface area contributed by atoms with Crippen molar-refractivity contribution in [3.63, 3.8) is 0 Å². The van der Waals surface area contributed by atoms with Gasteiger partial charge in [-0.05, 0) is 35.4 Å². The van der Waals surface area contributed by atoms with Crippen molar-refractivity contribution in [1.82, 2.24) is 0 Å². The zero-order valence-corrected chi connectivity index (χ0v) is 20.4. The fourth-order valence-corrected chi connectivity index (χ4v) is 4.60. The summed E-state index contributed by atoms with van der Waals surface area (Å²) in [4.78, 5) is 0. The van der Waals surface area contributed by atoms with Gasteiger partial charge in [0.2, 0.25) is 6.29 Å². The molecule has 0 aromatic heterocycles. The number of rotatable bonds is 9. The van der Waals surface area contributed by atoms with E-state index in [1.54, 1.807) is 36.4 Å². The maximum Gasteiger partial charge on any atom is 0.229 e. The Bertz CT molecular complexity index is 1100. The second-order valence-corrected chi connectivity index (χ2v) is 8.78. The Morgan fingerprint density at radius 1 is 0.865 bits per heavy atom. The van der Waals surface area contributed by atoms with E-state index >= 15 is 0 Å². The molecule has 0 unspecified atom stereocenters. The van der Waals surface area contributed by atoms with Crippen molar-refractivity contribution in [3.05, 3.63) is 53.1 Å². The Kier molecular flexibility index (Phi) is 8.55. The number of fused-ring (bicyclic) bond motifs is 1. The number of benzene rings is 2. The second kappa shape index (κ2) is 11.7. The molecule has 6 N–H and O–H groups in total. The molecule has 11 heteroatoms. The van der Waals surface area contributed by atoms with E-state index in [1.165, 1.54) is 14.2 Å². The topological polar surface area (TPSA) is 168 Å². The third-order valence-corrected chi connectivity index (χ3v) is 6.56. The SMILES string of the molecule is COc1cc([C@@H]2Oc3c(OC)cc(/C=C\CO)cc3[C@H]2CO)ccc1O[C@@H]1O[C@H](CO)[C@@H](O)[C@H](O)[C@H]1O. The number of ether oxygens (including phenoxy) is 5. The fourth-order valence-electron chi connectivity index (χ4n) is 4.60. The summed E-state index contributed by atoms with van der Waals surface area (Å²) in [5.74, 6) is 1.03. The minimum Gasteiger partial charge on any atom is -0.493 e. The lowest BCUT2D eigenvalue weighted by Crippen LogP contribution is -2.60. The summed E-state index contributed by atoms with van der Waals surface area (Å²) < 4.78 is 28.4. The van der Waals surface area contributed by atoms with Gasteiger partial charge < -0.3 is 54.3 Å². The first-order valence-electron chi connectivity index (χ1n) is 11.8. The largest absolute Gasteiger partial charge is 0.493 e. The van der Waals surface area contributed by atoms with E-state index < -0.39 is 49.3 Å². The first-order chi connectivity index (χ1) is 17.9. The van der Waals surface area contributed by atoms with Gasteiger partial charge in [-0.25, -0.2) is 0 Å². The molecule has 202 valence electrons. The molecule has 0 bridgehead atoms. The van der Waals surface area contributed by atoms with Crippen LogP contribution in [0, 0.1) is 0 Å². The van der Waals surface area contributed by atoms with Crippen molar-refractivity contribution >= 4 is 6.08 Å². The van der Waals surface area contributed by atoms with Gasteiger partial charge in [-0.2, -0.15) is 0 Å². The van der Waals surface area contributed by atoms with Crippen molar-refractivity contribution in [2.45, 2.75) is 42.7 Å². The summed E-state index contributed by atoms with van der Waals surface area (Å²) >= 11 is 0. The number of hydrogen-bond donors (Lipinski definition) is 6. The van der Waals surface area contributed by atoms with E-state index in [2.05, 4.69) is 0 Å². The molecule has 2 aliphatic heterocycles. The van der Waals surface area contributed by atoms with Crippen LogP contribution in [0.4, 0.5) is 0 Å². The number of methoxy groups -OCH3 is 2. The summed E-state index contributed by atoms with van der Waals surface area (Å²) in [6, 6.07) is 8.60. The molecule has 37 heavy (non-hydrogen) atoms. The third kappa shape index (κ3) is 5.25. The Hall–Kier alpha value is -2.90. The summed E-state index contributed by atoms with van der Waals surface area (Å²) in [7, 11) is 2.95. The van der Waals surface area contributed by atoms with Crippen molar-refractivity contribution in [2.24, 2.45) is 0 Å². The van der Waals surface area contributed by atoms with Gasteiger partial charge in [0.25, 0.3) is 0 Å². The maximum atomic E-state index is 10.3. The number of hydrogen-bond acceptors (Lipinski definition) is 11. The molecular formula is C26H32O11. The zero-order chi connectivity index (χ0) is 26.7. The number of aliphatic hydroxyl groups excluding tert-OH is 6. The molecule has 0 saturated carbocycles. The van der Waals surface area contributed by atoms with E-state index in [0.717, 1.165) is 11.1 Å². The quantitative estimate of drug-likeness (QED) is 0.265. The van der Waals surface area contributed by atoms with Crippen LogP contribution in [0.25, 0.3) is 6.08 Å². The summed E-state index contributed by atoms with van der Waals surface area (Å²) in [5.41, 5.74) is 2.21. The molecule has 0 radical (unpaired) electrons. The van der Waals surface area contributed by atoms with Gasteiger partial charge in [-0.15, -0.1) is 0 Å². The molecule has 2 aliphatic rings. The van der Waals surface area contributed by atoms with Gasteiger partial charge in [0.1, 0.15) is 30.5 Å². The van der Waals surface area contributed by atoms with E-state index in [4.69, 9.17) is 28.8 Å². The molecule has 2 aromatic rings. The Balaban J connectivity index is 1.61. The molecule has 1 saturated heterocycles. The van der Waals surface area contributed by atoms with Gasteiger partial charge in [-0.3, -0.25) is 0 Å². The highest BCUT2D eigenvalue weighted by Crippen LogP contribution is 2.51. The average molecular weight is 521 g/mol. The lowest BCUT2D eigenvalue weighted by Gasteiger charge is -2.39. The zero-order valence-electron chi connectivity index (χ0n) is 20.4. The van der Waals surface area contributed by atoms with Crippen LogP contribution in [0.2, 0.25) is 0 Å². The van der Waals surface area contributed by atoms with Crippen LogP contribution in [0.3, 0.4) is 0 Å². The molecule has 4 rings (SSSR count). The van der Waals surface area contributed by atoms with Crippen LogP contribution < -0.4 is 18.9 Å². The van der Waals surface area contributed by atoms with E-state index in [1.807, 2.05) is 6.07 Å². The molecule has 0 aliphatic carbocycles. The molecule has 2 aromatic carbocycles. The van der Waals surface area contributed by atoms with Crippen LogP contribution in [0.15, 0.2) is 36.4 Å². The predicted octanol–water partition coefficient (Wildman–Crippen LogP) is 0.0976.